The number of ether oxygens (including phenoxy) is 1. The van der Waals surface area contributed by atoms with Gasteiger partial charge in [0.15, 0.2) is 0 Å². The number of benzene rings is 2. The lowest BCUT2D eigenvalue weighted by Crippen LogP contribution is -2.33. The number of nitrogens with zero attached hydrogens (tertiary/aromatic N) is 2. The highest BCUT2D eigenvalue weighted by atomic mass is 16.5. The summed E-state index contributed by atoms with van der Waals surface area (Å²) in [5.74, 6) is 0.771. The summed E-state index contributed by atoms with van der Waals surface area (Å²) in [7, 11) is 0. The molecule has 0 bridgehead atoms. The van der Waals surface area contributed by atoms with Crippen LogP contribution in [0.15, 0.2) is 53.3 Å². The number of carbonyl (C=O) groups excluding carboxylic acids is 1. The van der Waals surface area contributed by atoms with Gasteiger partial charge in [0.1, 0.15) is 5.75 Å². The quantitative estimate of drug-likeness (QED) is 0.756. The normalized spacial score (nSPS) is 16.0. The molecule has 1 aliphatic rings. The number of fused-ring (bicyclic) bond motifs is 2. The van der Waals surface area contributed by atoms with Gasteiger partial charge in [0.25, 0.3) is 0 Å². The Balaban J connectivity index is 1.49. The van der Waals surface area contributed by atoms with E-state index in [1.54, 1.807) is 9.13 Å². The largest absolute Gasteiger partial charge is 0.493 e. The maximum absolute atomic E-state index is 12.7. The number of aromatic nitrogens is 2. The fourth-order valence-electron chi connectivity index (χ4n) is 3.77. The van der Waals surface area contributed by atoms with Crippen LogP contribution in [0, 0.1) is 0 Å². The number of carbonyl (C=O) groups is 1. The van der Waals surface area contributed by atoms with E-state index in [1.807, 2.05) is 55.5 Å². The van der Waals surface area contributed by atoms with Gasteiger partial charge in [-0.3, -0.25) is 13.9 Å². The zero-order valence-corrected chi connectivity index (χ0v) is 15.4. The maximum atomic E-state index is 12.7. The number of hydrogen-bond acceptors (Lipinski definition) is 3. The minimum atomic E-state index is -0.0667. The lowest BCUT2D eigenvalue weighted by Gasteiger charge is -2.26. The summed E-state index contributed by atoms with van der Waals surface area (Å²) < 4.78 is 9.07. The molecule has 2 aromatic carbocycles. The highest BCUT2D eigenvalue weighted by Gasteiger charge is 2.22. The second-order valence-corrected chi connectivity index (χ2v) is 6.71. The van der Waals surface area contributed by atoms with Crippen LogP contribution in [-0.2, 0) is 17.9 Å². The molecule has 1 aliphatic heterocycles. The number of rotatable bonds is 5. The second kappa shape index (κ2) is 7.31. The number of para-hydroxylation sites is 3. The van der Waals surface area contributed by atoms with Crippen LogP contribution in [0.5, 0.6) is 5.75 Å². The van der Waals surface area contributed by atoms with Crippen LogP contribution < -0.4 is 15.7 Å². The van der Waals surface area contributed by atoms with Crippen molar-refractivity contribution in [3.63, 3.8) is 0 Å². The summed E-state index contributed by atoms with van der Waals surface area (Å²) in [5, 5.41) is 3.09. The van der Waals surface area contributed by atoms with Gasteiger partial charge >= 0.3 is 5.69 Å². The molecule has 3 aromatic rings. The van der Waals surface area contributed by atoms with Crippen molar-refractivity contribution >= 4 is 16.9 Å². The Hall–Kier alpha value is -3.02. The Kier molecular flexibility index (Phi) is 4.71. The van der Waals surface area contributed by atoms with Gasteiger partial charge in [-0.05, 0) is 25.1 Å². The first-order valence-corrected chi connectivity index (χ1v) is 9.38. The molecule has 6 nitrogen and oxygen atoms in total. The summed E-state index contributed by atoms with van der Waals surface area (Å²) in [6.07, 6.45) is 1.01. The Morgan fingerprint density at radius 3 is 2.59 bits per heavy atom. The molecule has 1 N–H and O–H groups in total. The van der Waals surface area contributed by atoms with Crippen LogP contribution in [0.2, 0.25) is 0 Å². The van der Waals surface area contributed by atoms with Crippen LogP contribution in [0.1, 0.15) is 31.4 Å². The van der Waals surface area contributed by atoms with Crippen LogP contribution in [0.3, 0.4) is 0 Å². The molecule has 1 unspecified atom stereocenters. The monoisotopic (exact) mass is 365 g/mol. The van der Waals surface area contributed by atoms with Gasteiger partial charge in [0.05, 0.1) is 23.7 Å². The maximum Gasteiger partial charge on any atom is 0.329 e. The van der Waals surface area contributed by atoms with Crippen molar-refractivity contribution in [1.29, 1.82) is 0 Å². The Bertz CT molecular complexity index is 1030. The van der Waals surface area contributed by atoms with E-state index in [4.69, 9.17) is 4.74 Å². The molecule has 6 heteroatoms. The van der Waals surface area contributed by atoms with Crippen molar-refractivity contribution in [1.82, 2.24) is 14.5 Å². The predicted octanol–water partition coefficient (Wildman–Crippen LogP) is 2.85. The summed E-state index contributed by atoms with van der Waals surface area (Å²) in [5.41, 5.74) is 2.72. The van der Waals surface area contributed by atoms with Crippen LogP contribution in [0.4, 0.5) is 0 Å². The lowest BCUT2D eigenvalue weighted by molar-refractivity contribution is -0.122. The van der Waals surface area contributed by atoms with Crippen molar-refractivity contribution in [2.75, 3.05) is 6.61 Å². The van der Waals surface area contributed by atoms with E-state index >= 15 is 0 Å². The van der Waals surface area contributed by atoms with Crippen molar-refractivity contribution in [2.24, 2.45) is 0 Å². The molecular weight excluding hydrogens is 342 g/mol. The Labute approximate surface area is 157 Å². The summed E-state index contributed by atoms with van der Waals surface area (Å²) >= 11 is 0. The molecule has 0 aliphatic carbocycles. The summed E-state index contributed by atoms with van der Waals surface area (Å²) in [6, 6.07) is 15.4. The first kappa shape index (κ1) is 17.4. The number of hydrogen-bond donors (Lipinski definition) is 1. The van der Waals surface area contributed by atoms with E-state index in [9.17, 15) is 9.59 Å². The standard InChI is InChI=1S/C21H23N3O3/c1-2-23-17-8-4-5-9-18(17)24(21(23)26)13-11-20(25)22-16-12-14-27-19-10-6-3-7-15(16)19/h3-10,16H,2,11-14H2,1H3,(H,22,25). The second-order valence-electron chi connectivity index (χ2n) is 6.71. The average molecular weight is 365 g/mol. The van der Waals surface area contributed by atoms with E-state index in [-0.39, 0.29) is 24.1 Å². The van der Waals surface area contributed by atoms with Crippen molar-refractivity contribution < 1.29 is 9.53 Å². The minimum Gasteiger partial charge on any atom is -0.493 e. The summed E-state index contributed by atoms with van der Waals surface area (Å²) in [6.45, 7) is 3.51. The Morgan fingerprint density at radius 2 is 1.81 bits per heavy atom. The molecule has 1 atom stereocenters. The fourth-order valence-corrected chi connectivity index (χ4v) is 3.77. The zero-order chi connectivity index (χ0) is 18.8. The first-order valence-electron chi connectivity index (χ1n) is 9.38. The predicted molar refractivity (Wildman–Crippen MR) is 104 cm³/mol. The van der Waals surface area contributed by atoms with Gasteiger partial charge in [-0.2, -0.15) is 0 Å². The van der Waals surface area contributed by atoms with E-state index in [0.29, 0.717) is 19.7 Å². The molecule has 27 heavy (non-hydrogen) atoms. The number of imidazole rings is 1. The molecule has 2 heterocycles. The minimum absolute atomic E-state index is 0.0452. The van der Waals surface area contributed by atoms with E-state index in [2.05, 4.69) is 5.32 Å². The molecule has 0 saturated heterocycles. The van der Waals surface area contributed by atoms with Gasteiger partial charge in [0.2, 0.25) is 5.91 Å². The summed E-state index contributed by atoms with van der Waals surface area (Å²) in [4.78, 5) is 25.2. The molecular formula is C21H23N3O3. The smallest absolute Gasteiger partial charge is 0.329 e. The van der Waals surface area contributed by atoms with Crippen molar-refractivity contribution in [2.45, 2.75) is 38.9 Å². The molecule has 0 saturated carbocycles. The molecule has 0 radical (unpaired) electrons. The topological polar surface area (TPSA) is 65.3 Å². The van der Waals surface area contributed by atoms with Gasteiger partial charge in [-0.15, -0.1) is 0 Å². The third-order valence-electron chi connectivity index (χ3n) is 5.10. The van der Waals surface area contributed by atoms with Crippen LogP contribution in [-0.4, -0.2) is 21.6 Å². The van der Waals surface area contributed by atoms with Gasteiger partial charge < -0.3 is 10.1 Å². The molecule has 0 spiro atoms. The highest BCUT2D eigenvalue weighted by molar-refractivity contribution is 5.78. The van der Waals surface area contributed by atoms with Gasteiger partial charge in [-0.1, -0.05) is 30.3 Å². The van der Waals surface area contributed by atoms with E-state index < -0.39 is 0 Å². The van der Waals surface area contributed by atoms with Crippen molar-refractivity contribution in [3.8, 4) is 5.75 Å². The highest BCUT2D eigenvalue weighted by Crippen LogP contribution is 2.31. The number of amides is 1. The molecule has 4 rings (SSSR count). The van der Waals surface area contributed by atoms with Crippen LogP contribution >= 0.6 is 0 Å². The Morgan fingerprint density at radius 1 is 1.11 bits per heavy atom. The number of nitrogens with one attached hydrogen (secondary N) is 1. The molecule has 0 fully saturated rings. The SMILES string of the molecule is CCn1c(=O)n(CCC(=O)NC2CCOc3ccccc32)c2ccccc21. The van der Waals surface area contributed by atoms with E-state index in [1.165, 1.54) is 0 Å². The van der Waals surface area contributed by atoms with Gasteiger partial charge in [-0.25, -0.2) is 4.79 Å². The number of aryl methyl sites for hydroxylation is 2. The van der Waals surface area contributed by atoms with Crippen molar-refractivity contribution in [3.05, 3.63) is 64.6 Å². The molecule has 1 aromatic heterocycles. The zero-order valence-electron chi connectivity index (χ0n) is 15.4. The average Bonchev–Trinajstić information content (AvgIpc) is 2.97. The third kappa shape index (κ3) is 3.23. The molecule has 1 amide bonds. The third-order valence-corrected chi connectivity index (χ3v) is 5.10. The van der Waals surface area contributed by atoms with Crippen LogP contribution in [0.25, 0.3) is 11.0 Å². The first-order chi connectivity index (χ1) is 13.2. The lowest BCUT2D eigenvalue weighted by atomic mass is 10.0. The fraction of sp³-hybridized carbons (Fsp3) is 0.333. The van der Waals surface area contributed by atoms with Gasteiger partial charge in [0, 0.05) is 31.5 Å². The van der Waals surface area contributed by atoms with E-state index in [0.717, 1.165) is 28.8 Å². The molecule has 140 valence electrons.